The Kier molecular flexibility index (Phi) is 5.29. The minimum atomic E-state index is -0.188. The summed E-state index contributed by atoms with van der Waals surface area (Å²) in [5.74, 6) is -0.0594. The van der Waals surface area contributed by atoms with Crippen molar-refractivity contribution in [3.8, 4) is 17.2 Å². The van der Waals surface area contributed by atoms with Gasteiger partial charge in [-0.3, -0.25) is 4.79 Å². The molecule has 0 aliphatic heterocycles. The topological polar surface area (TPSA) is 106 Å². The number of rotatable bonds is 4. The average molecular weight is 477 g/mol. The first kappa shape index (κ1) is 20.1. The molecule has 4 aromatic rings. The number of fused-ring (bicyclic) bond motifs is 1. The van der Waals surface area contributed by atoms with Crippen molar-refractivity contribution in [1.29, 1.82) is 5.26 Å². The molecule has 0 amide bonds. The van der Waals surface area contributed by atoms with E-state index in [-0.39, 0.29) is 17.2 Å². The molecule has 148 valence electrons. The summed E-state index contributed by atoms with van der Waals surface area (Å²) in [6.07, 6.45) is 0.908. The Bertz CT molecular complexity index is 1320. The highest BCUT2D eigenvalue weighted by molar-refractivity contribution is 9.10. The second-order valence-corrected chi connectivity index (χ2v) is 8.69. The Morgan fingerprint density at radius 3 is 2.40 bits per heavy atom. The number of hydrogen-bond donors (Lipinski definition) is 2. The van der Waals surface area contributed by atoms with Gasteiger partial charge < -0.3 is 11.5 Å². The average Bonchev–Trinajstić information content (AvgIpc) is 3.08. The predicted molar refractivity (Wildman–Crippen MR) is 126 cm³/mol. The Morgan fingerprint density at radius 2 is 1.80 bits per heavy atom. The van der Waals surface area contributed by atoms with Crippen molar-refractivity contribution in [2.24, 2.45) is 0 Å². The minimum absolute atomic E-state index is 0.128. The summed E-state index contributed by atoms with van der Waals surface area (Å²) in [6.45, 7) is 2.08. The van der Waals surface area contributed by atoms with Crippen molar-refractivity contribution < 1.29 is 4.79 Å². The molecule has 4 rings (SSSR count). The number of aromatic nitrogens is 1. The van der Waals surface area contributed by atoms with Gasteiger partial charge in [-0.15, -0.1) is 11.3 Å². The van der Waals surface area contributed by atoms with Crippen molar-refractivity contribution in [1.82, 2.24) is 4.98 Å². The van der Waals surface area contributed by atoms with Crippen LogP contribution < -0.4 is 11.5 Å². The predicted octanol–water partition coefficient (Wildman–Crippen LogP) is 5.56. The normalized spacial score (nSPS) is 10.8. The second-order valence-electron chi connectivity index (χ2n) is 6.77. The molecular weight excluding hydrogens is 460 g/mol. The van der Waals surface area contributed by atoms with Gasteiger partial charge in [0.25, 0.3) is 0 Å². The zero-order valence-corrected chi connectivity index (χ0v) is 18.5. The van der Waals surface area contributed by atoms with Crippen LogP contribution >= 0.6 is 27.3 Å². The number of thiophene rings is 1. The molecule has 0 aliphatic carbocycles. The zero-order valence-electron chi connectivity index (χ0n) is 16.1. The Hall–Kier alpha value is -3.21. The standard InChI is InChI=1S/C23H17BrN4OS/c1-2-12-3-5-13(6-4-12)17-16(11-25)22(27)28-23-18(17)19(26)21(30-23)20(29)14-7-9-15(24)10-8-14/h3-10H,2,26H2,1H3,(H2,27,28). The van der Waals surface area contributed by atoms with Crippen LogP contribution in [0.5, 0.6) is 0 Å². The van der Waals surface area contributed by atoms with Crippen LogP contribution in [0.25, 0.3) is 21.3 Å². The second kappa shape index (κ2) is 7.90. The molecular formula is C23H17BrN4OS. The quantitative estimate of drug-likeness (QED) is 0.375. The molecule has 0 fully saturated rings. The number of nitrogen functional groups attached to an aromatic ring is 2. The van der Waals surface area contributed by atoms with Crippen LogP contribution in [0.1, 0.15) is 33.3 Å². The Morgan fingerprint density at radius 1 is 1.13 bits per heavy atom. The van der Waals surface area contributed by atoms with E-state index in [0.29, 0.717) is 31.9 Å². The van der Waals surface area contributed by atoms with Crippen LogP contribution in [0, 0.1) is 11.3 Å². The van der Waals surface area contributed by atoms with Gasteiger partial charge in [0, 0.05) is 21.0 Å². The fraction of sp³-hybridized carbons (Fsp3) is 0.0870. The molecule has 2 aromatic heterocycles. The van der Waals surface area contributed by atoms with Gasteiger partial charge in [-0.1, -0.05) is 47.1 Å². The molecule has 0 aliphatic rings. The van der Waals surface area contributed by atoms with Crippen LogP contribution in [0.4, 0.5) is 11.5 Å². The van der Waals surface area contributed by atoms with E-state index in [2.05, 4.69) is 33.9 Å². The first-order valence-electron chi connectivity index (χ1n) is 9.25. The highest BCUT2D eigenvalue weighted by atomic mass is 79.9. The van der Waals surface area contributed by atoms with Crippen molar-refractivity contribution in [2.75, 3.05) is 11.5 Å². The van der Waals surface area contributed by atoms with Gasteiger partial charge in [-0.2, -0.15) is 5.26 Å². The maximum atomic E-state index is 13.1. The van der Waals surface area contributed by atoms with Crippen LogP contribution in [0.15, 0.2) is 53.0 Å². The van der Waals surface area contributed by atoms with E-state index in [1.165, 1.54) is 16.9 Å². The number of pyridine rings is 1. The highest BCUT2D eigenvalue weighted by Crippen LogP contribution is 2.43. The minimum Gasteiger partial charge on any atom is -0.397 e. The molecule has 0 saturated carbocycles. The summed E-state index contributed by atoms with van der Waals surface area (Å²) < 4.78 is 0.884. The van der Waals surface area contributed by atoms with Gasteiger partial charge in [-0.25, -0.2) is 4.98 Å². The monoisotopic (exact) mass is 476 g/mol. The number of hydrogen-bond acceptors (Lipinski definition) is 6. The number of halogens is 1. The lowest BCUT2D eigenvalue weighted by Crippen LogP contribution is -2.02. The van der Waals surface area contributed by atoms with Crippen molar-refractivity contribution in [2.45, 2.75) is 13.3 Å². The lowest BCUT2D eigenvalue weighted by molar-refractivity contribution is 0.104. The first-order chi connectivity index (χ1) is 14.4. The number of ketones is 1. The molecule has 0 saturated heterocycles. The number of carbonyl (C=O) groups is 1. The number of benzene rings is 2. The van der Waals surface area contributed by atoms with E-state index in [0.717, 1.165) is 16.5 Å². The van der Waals surface area contributed by atoms with Gasteiger partial charge >= 0.3 is 0 Å². The van der Waals surface area contributed by atoms with Gasteiger partial charge in [-0.05, 0) is 41.8 Å². The molecule has 0 spiro atoms. The fourth-order valence-corrected chi connectivity index (χ4v) is 4.72. The van der Waals surface area contributed by atoms with E-state index >= 15 is 0 Å². The van der Waals surface area contributed by atoms with Crippen molar-refractivity contribution >= 4 is 54.8 Å². The van der Waals surface area contributed by atoms with Crippen LogP contribution in [-0.2, 0) is 6.42 Å². The lowest BCUT2D eigenvalue weighted by Gasteiger charge is -2.10. The van der Waals surface area contributed by atoms with Crippen LogP contribution in [0.3, 0.4) is 0 Å². The largest absolute Gasteiger partial charge is 0.397 e. The smallest absolute Gasteiger partial charge is 0.205 e. The molecule has 4 N–H and O–H groups in total. The SMILES string of the molecule is CCc1ccc(-c2c(C#N)c(N)nc3sc(C(=O)c4ccc(Br)cc4)c(N)c23)cc1. The third kappa shape index (κ3) is 3.34. The van der Waals surface area contributed by atoms with E-state index in [9.17, 15) is 10.1 Å². The number of nitrogens with zero attached hydrogens (tertiary/aromatic N) is 2. The van der Waals surface area contributed by atoms with Crippen LogP contribution in [-0.4, -0.2) is 10.8 Å². The molecule has 0 radical (unpaired) electrons. The third-order valence-corrected chi connectivity index (χ3v) is 6.61. The van der Waals surface area contributed by atoms with Crippen molar-refractivity contribution in [3.05, 3.63) is 74.6 Å². The molecule has 5 nitrogen and oxygen atoms in total. The van der Waals surface area contributed by atoms with Crippen molar-refractivity contribution in [3.63, 3.8) is 0 Å². The Balaban J connectivity index is 1.97. The van der Waals surface area contributed by atoms with E-state index in [1.807, 2.05) is 36.4 Å². The zero-order chi connectivity index (χ0) is 21.4. The molecule has 30 heavy (non-hydrogen) atoms. The number of nitrogens with two attached hydrogens (primary N) is 2. The summed E-state index contributed by atoms with van der Waals surface area (Å²) in [5.41, 5.74) is 16.3. The maximum Gasteiger partial charge on any atom is 0.205 e. The van der Waals surface area contributed by atoms with E-state index < -0.39 is 0 Å². The number of aryl methyl sites for hydroxylation is 1. The molecule has 0 atom stereocenters. The van der Waals surface area contributed by atoms with Gasteiger partial charge in [0.05, 0.1) is 5.69 Å². The van der Waals surface area contributed by atoms with Gasteiger partial charge in [0.1, 0.15) is 27.2 Å². The molecule has 7 heteroatoms. The molecule has 0 bridgehead atoms. The van der Waals surface area contributed by atoms with E-state index in [1.54, 1.807) is 12.1 Å². The molecule has 2 aromatic carbocycles. The molecule has 0 unspecified atom stereocenters. The lowest BCUT2D eigenvalue weighted by atomic mass is 9.95. The maximum absolute atomic E-state index is 13.1. The number of nitriles is 1. The fourth-order valence-electron chi connectivity index (χ4n) is 3.38. The number of carbonyl (C=O) groups excluding carboxylic acids is 1. The van der Waals surface area contributed by atoms with Gasteiger partial charge in [0.2, 0.25) is 5.78 Å². The summed E-state index contributed by atoms with van der Waals surface area (Å²) in [7, 11) is 0. The summed E-state index contributed by atoms with van der Waals surface area (Å²) in [5, 5.41) is 10.3. The first-order valence-corrected chi connectivity index (χ1v) is 10.9. The molecule has 2 heterocycles. The Labute approximate surface area is 186 Å². The summed E-state index contributed by atoms with van der Waals surface area (Å²) in [4.78, 5) is 18.4. The summed E-state index contributed by atoms with van der Waals surface area (Å²) in [6, 6.07) is 17.2. The third-order valence-electron chi connectivity index (χ3n) is 4.98. The number of anilines is 2. The highest BCUT2D eigenvalue weighted by Gasteiger charge is 2.24. The summed E-state index contributed by atoms with van der Waals surface area (Å²) >= 11 is 4.57. The van der Waals surface area contributed by atoms with Crippen LogP contribution in [0.2, 0.25) is 0 Å². The van der Waals surface area contributed by atoms with Gasteiger partial charge in [0.15, 0.2) is 0 Å². The van der Waals surface area contributed by atoms with E-state index in [4.69, 9.17) is 11.5 Å².